The Morgan fingerprint density at radius 3 is 2.48 bits per heavy atom. The third kappa shape index (κ3) is 5.57. The number of ether oxygens (including phenoxy) is 2. The lowest BCUT2D eigenvalue weighted by Crippen LogP contribution is -2.31. The van der Waals surface area contributed by atoms with Crippen LogP contribution < -0.4 is 24.0 Å². The first kappa shape index (κ1) is 22.9. The molecule has 2 aromatic rings. The van der Waals surface area contributed by atoms with Crippen LogP contribution in [0.25, 0.3) is 0 Å². The van der Waals surface area contributed by atoms with Crippen LogP contribution in [0.4, 0.5) is 17.1 Å². The molecule has 1 N–H and O–H groups in total. The van der Waals surface area contributed by atoms with E-state index in [9.17, 15) is 18.0 Å². The Balaban J connectivity index is 1.33. The summed E-state index contributed by atoms with van der Waals surface area (Å²) >= 11 is 0. The zero-order chi connectivity index (χ0) is 23.4. The number of hydrogen-bond acceptors (Lipinski definition) is 6. The SMILES string of the molecule is CS(=O)(=O)N(CCCC(=O)Nc1ccc(N2CCCC2=O)cc1)c1ccc2c(c1)OCCO2. The molecule has 0 atom stereocenters. The predicted octanol–water partition coefficient (Wildman–Crippen LogP) is 2.77. The van der Waals surface area contributed by atoms with Gasteiger partial charge in [0.25, 0.3) is 0 Å². The Labute approximate surface area is 193 Å². The van der Waals surface area contributed by atoms with Crippen LogP contribution in [0, 0.1) is 0 Å². The maximum absolute atomic E-state index is 12.4. The second-order valence-corrected chi connectivity index (χ2v) is 9.92. The molecule has 10 heteroatoms. The average molecular weight is 474 g/mol. The van der Waals surface area contributed by atoms with Crippen molar-refractivity contribution in [1.82, 2.24) is 0 Å². The van der Waals surface area contributed by atoms with Gasteiger partial charge in [-0.3, -0.25) is 13.9 Å². The molecule has 2 amide bonds. The Hall–Kier alpha value is -3.27. The first-order chi connectivity index (χ1) is 15.8. The largest absolute Gasteiger partial charge is 0.486 e. The highest BCUT2D eigenvalue weighted by atomic mass is 32.2. The number of rotatable bonds is 8. The summed E-state index contributed by atoms with van der Waals surface area (Å²) in [5.41, 5.74) is 1.91. The van der Waals surface area contributed by atoms with Gasteiger partial charge < -0.3 is 19.7 Å². The summed E-state index contributed by atoms with van der Waals surface area (Å²) in [4.78, 5) is 26.0. The number of carbonyl (C=O) groups is 2. The van der Waals surface area contributed by atoms with Gasteiger partial charge in [0.05, 0.1) is 11.9 Å². The highest BCUT2D eigenvalue weighted by Crippen LogP contribution is 2.34. The minimum absolute atomic E-state index is 0.111. The highest BCUT2D eigenvalue weighted by Gasteiger charge is 2.22. The lowest BCUT2D eigenvalue weighted by Gasteiger charge is -2.25. The molecule has 0 unspecified atom stereocenters. The maximum atomic E-state index is 12.4. The summed E-state index contributed by atoms with van der Waals surface area (Å²) < 4.78 is 37.0. The first-order valence-electron chi connectivity index (χ1n) is 10.9. The molecule has 0 bridgehead atoms. The van der Waals surface area contributed by atoms with Crippen LogP contribution in [-0.2, 0) is 19.6 Å². The van der Waals surface area contributed by atoms with Crippen molar-refractivity contribution in [2.45, 2.75) is 25.7 Å². The number of benzene rings is 2. The van der Waals surface area contributed by atoms with E-state index in [1.807, 2.05) is 12.1 Å². The average Bonchev–Trinajstić information content (AvgIpc) is 3.22. The van der Waals surface area contributed by atoms with E-state index < -0.39 is 10.0 Å². The number of sulfonamides is 1. The van der Waals surface area contributed by atoms with Crippen LogP contribution >= 0.6 is 0 Å². The summed E-state index contributed by atoms with van der Waals surface area (Å²) in [5, 5.41) is 2.82. The minimum atomic E-state index is -3.55. The summed E-state index contributed by atoms with van der Waals surface area (Å²) in [6, 6.07) is 12.1. The molecule has 0 saturated carbocycles. The second-order valence-electron chi connectivity index (χ2n) is 8.01. The molecule has 1 saturated heterocycles. The van der Waals surface area contributed by atoms with E-state index in [0.29, 0.717) is 55.5 Å². The van der Waals surface area contributed by atoms with Crippen molar-refractivity contribution < 1.29 is 27.5 Å². The molecule has 2 aliphatic heterocycles. The van der Waals surface area contributed by atoms with Crippen LogP contribution in [0.15, 0.2) is 42.5 Å². The number of amides is 2. The molecule has 9 nitrogen and oxygen atoms in total. The van der Waals surface area contributed by atoms with Crippen molar-refractivity contribution in [2.75, 3.05) is 47.1 Å². The Morgan fingerprint density at radius 2 is 1.82 bits per heavy atom. The van der Waals surface area contributed by atoms with Crippen LogP contribution in [0.2, 0.25) is 0 Å². The number of nitrogens with one attached hydrogen (secondary N) is 1. The topological polar surface area (TPSA) is 105 Å². The molecule has 2 aromatic carbocycles. The van der Waals surface area contributed by atoms with E-state index >= 15 is 0 Å². The number of carbonyl (C=O) groups excluding carboxylic acids is 2. The van der Waals surface area contributed by atoms with Crippen molar-refractivity contribution in [3.63, 3.8) is 0 Å². The zero-order valence-electron chi connectivity index (χ0n) is 18.5. The monoisotopic (exact) mass is 473 g/mol. The van der Waals surface area contributed by atoms with Crippen molar-refractivity contribution in [1.29, 1.82) is 0 Å². The molecule has 0 aliphatic carbocycles. The van der Waals surface area contributed by atoms with Crippen LogP contribution in [0.1, 0.15) is 25.7 Å². The van der Waals surface area contributed by atoms with E-state index in [0.717, 1.165) is 18.4 Å². The standard InChI is InChI=1S/C23H27N3O6S/c1-33(29,30)26(19-10-11-20-21(16-19)32-15-14-31-20)13-2-4-22(27)24-17-6-8-18(9-7-17)25-12-3-5-23(25)28/h6-11,16H,2-5,12-15H2,1H3,(H,24,27). The van der Waals surface area contributed by atoms with Crippen molar-refractivity contribution in [3.05, 3.63) is 42.5 Å². The maximum Gasteiger partial charge on any atom is 0.232 e. The summed E-state index contributed by atoms with van der Waals surface area (Å²) in [6.45, 7) is 1.73. The zero-order valence-corrected chi connectivity index (χ0v) is 19.3. The smallest absolute Gasteiger partial charge is 0.232 e. The van der Waals surface area contributed by atoms with E-state index in [4.69, 9.17) is 9.47 Å². The van der Waals surface area contributed by atoms with Gasteiger partial charge in [0.1, 0.15) is 13.2 Å². The fourth-order valence-corrected chi connectivity index (χ4v) is 4.88. The van der Waals surface area contributed by atoms with Crippen molar-refractivity contribution >= 4 is 38.9 Å². The fraction of sp³-hybridized carbons (Fsp3) is 0.391. The molecule has 0 aromatic heterocycles. The van der Waals surface area contributed by atoms with Crippen LogP contribution in [0.3, 0.4) is 0 Å². The molecule has 2 aliphatic rings. The molecule has 33 heavy (non-hydrogen) atoms. The quantitative estimate of drug-likeness (QED) is 0.632. The Bertz CT molecular complexity index is 1130. The predicted molar refractivity (Wildman–Crippen MR) is 126 cm³/mol. The van der Waals surface area contributed by atoms with Gasteiger partial charge in [0.2, 0.25) is 21.8 Å². The number of hydrogen-bond donors (Lipinski definition) is 1. The third-order valence-corrected chi connectivity index (χ3v) is 6.71. The number of anilines is 3. The lowest BCUT2D eigenvalue weighted by atomic mass is 10.2. The van der Waals surface area contributed by atoms with Crippen molar-refractivity contribution in [3.8, 4) is 11.5 Å². The first-order valence-corrected chi connectivity index (χ1v) is 12.7. The van der Waals surface area contributed by atoms with Gasteiger partial charge >= 0.3 is 0 Å². The van der Waals surface area contributed by atoms with Gasteiger partial charge in [0, 0.05) is 43.4 Å². The molecule has 0 radical (unpaired) electrons. The molecule has 176 valence electrons. The van der Waals surface area contributed by atoms with E-state index in [2.05, 4.69) is 5.32 Å². The Morgan fingerprint density at radius 1 is 1.09 bits per heavy atom. The number of fused-ring (bicyclic) bond motifs is 1. The van der Waals surface area contributed by atoms with Gasteiger partial charge in [0.15, 0.2) is 11.5 Å². The van der Waals surface area contributed by atoms with E-state index in [1.165, 1.54) is 4.31 Å². The summed E-state index contributed by atoms with van der Waals surface area (Å²) in [6.07, 6.45) is 3.05. The molecule has 4 rings (SSSR count). The highest BCUT2D eigenvalue weighted by molar-refractivity contribution is 7.92. The molecule has 1 fully saturated rings. The minimum Gasteiger partial charge on any atom is -0.486 e. The lowest BCUT2D eigenvalue weighted by molar-refractivity contribution is -0.117. The van der Waals surface area contributed by atoms with Gasteiger partial charge in [-0.05, 0) is 49.2 Å². The van der Waals surface area contributed by atoms with Crippen molar-refractivity contribution in [2.24, 2.45) is 0 Å². The van der Waals surface area contributed by atoms with Gasteiger partial charge in [-0.15, -0.1) is 0 Å². The second kappa shape index (κ2) is 9.70. The van der Waals surface area contributed by atoms with Gasteiger partial charge in [-0.25, -0.2) is 8.42 Å². The Kier molecular flexibility index (Phi) is 6.73. The normalized spacial score (nSPS) is 15.4. The molecular formula is C23H27N3O6S. The van der Waals surface area contributed by atoms with E-state index in [1.54, 1.807) is 35.2 Å². The van der Waals surface area contributed by atoms with E-state index in [-0.39, 0.29) is 24.8 Å². The van der Waals surface area contributed by atoms with Gasteiger partial charge in [-0.2, -0.15) is 0 Å². The van der Waals surface area contributed by atoms with Crippen LogP contribution in [-0.4, -0.2) is 52.8 Å². The third-order valence-electron chi connectivity index (χ3n) is 5.52. The molecule has 2 heterocycles. The number of nitrogens with zero attached hydrogens (tertiary/aromatic N) is 2. The molecular weight excluding hydrogens is 446 g/mol. The molecule has 0 spiro atoms. The fourth-order valence-electron chi connectivity index (χ4n) is 3.93. The van der Waals surface area contributed by atoms with Gasteiger partial charge in [-0.1, -0.05) is 0 Å². The summed E-state index contributed by atoms with van der Waals surface area (Å²) in [7, 11) is -3.55. The van der Waals surface area contributed by atoms with Crippen LogP contribution in [0.5, 0.6) is 11.5 Å². The summed E-state index contributed by atoms with van der Waals surface area (Å²) in [5.74, 6) is 0.984.